The first-order chi connectivity index (χ1) is 13.7. The largest absolute Gasteiger partial charge is 0.337 e. The topological polar surface area (TPSA) is 68.0 Å². The SMILES string of the molecule is Cc1ccc(-c2noc(NC(=O)Cc3ccccc3)c2-c2ccncc2)cc1. The number of hydrogen-bond donors (Lipinski definition) is 1. The van der Waals surface area contributed by atoms with E-state index in [-0.39, 0.29) is 12.3 Å². The first-order valence-corrected chi connectivity index (χ1v) is 9.01. The third-order valence-corrected chi connectivity index (χ3v) is 4.45. The minimum absolute atomic E-state index is 0.159. The number of carbonyl (C=O) groups is 1. The summed E-state index contributed by atoms with van der Waals surface area (Å²) in [5, 5.41) is 7.11. The minimum atomic E-state index is -0.159. The highest BCUT2D eigenvalue weighted by atomic mass is 16.5. The van der Waals surface area contributed by atoms with Crippen molar-refractivity contribution in [3.05, 3.63) is 90.3 Å². The maximum absolute atomic E-state index is 12.5. The molecule has 0 aliphatic rings. The van der Waals surface area contributed by atoms with E-state index in [9.17, 15) is 4.79 Å². The van der Waals surface area contributed by atoms with E-state index in [2.05, 4.69) is 15.5 Å². The molecule has 0 radical (unpaired) electrons. The van der Waals surface area contributed by atoms with E-state index in [0.29, 0.717) is 11.6 Å². The number of aromatic nitrogens is 2. The van der Waals surface area contributed by atoms with Crippen LogP contribution in [0.25, 0.3) is 22.4 Å². The fraction of sp³-hybridized carbons (Fsp3) is 0.0870. The number of anilines is 1. The quantitative estimate of drug-likeness (QED) is 0.544. The number of carbonyl (C=O) groups excluding carboxylic acids is 1. The van der Waals surface area contributed by atoms with Crippen LogP contribution in [-0.4, -0.2) is 16.0 Å². The van der Waals surface area contributed by atoms with Crippen molar-refractivity contribution in [3.63, 3.8) is 0 Å². The first-order valence-electron chi connectivity index (χ1n) is 9.01. The van der Waals surface area contributed by atoms with Crippen LogP contribution in [0.15, 0.2) is 83.6 Å². The molecule has 0 spiro atoms. The summed E-state index contributed by atoms with van der Waals surface area (Å²) < 4.78 is 5.54. The summed E-state index contributed by atoms with van der Waals surface area (Å²) in [7, 11) is 0. The molecule has 0 aliphatic carbocycles. The van der Waals surface area contributed by atoms with Gasteiger partial charge in [-0.25, -0.2) is 0 Å². The molecule has 0 aliphatic heterocycles. The molecule has 0 saturated carbocycles. The van der Waals surface area contributed by atoms with Crippen LogP contribution in [0, 0.1) is 6.92 Å². The van der Waals surface area contributed by atoms with Crippen molar-refractivity contribution in [2.24, 2.45) is 0 Å². The molecular formula is C23H19N3O2. The molecule has 0 saturated heterocycles. The first kappa shape index (κ1) is 17.7. The van der Waals surface area contributed by atoms with Gasteiger partial charge in [-0.15, -0.1) is 0 Å². The molecule has 28 heavy (non-hydrogen) atoms. The maximum atomic E-state index is 12.5. The highest BCUT2D eigenvalue weighted by molar-refractivity contribution is 5.97. The third kappa shape index (κ3) is 3.83. The lowest BCUT2D eigenvalue weighted by atomic mass is 10.0. The Labute approximate surface area is 163 Å². The van der Waals surface area contributed by atoms with Gasteiger partial charge in [0.15, 0.2) is 0 Å². The van der Waals surface area contributed by atoms with E-state index in [1.54, 1.807) is 12.4 Å². The number of nitrogens with one attached hydrogen (secondary N) is 1. The summed E-state index contributed by atoms with van der Waals surface area (Å²) in [6, 6.07) is 21.4. The molecule has 1 amide bonds. The van der Waals surface area contributed by atoms with Crippen LogP contribution in [0.3, 0.4) is 0 Å². The molecule has 2 aromatic heterocycles. The van der Waals surface area contributed by atoms with E-state index in [1.165, 1.54) is 0 Å². The molecule has 2 heterocycles. The van der Waals surface area contributed by atoms with Gasteiger partial charge in [-0.1, -0.05) is 65.3 Å². The summed E-state index contributed by atoms with van der Waals surface area (Å²) in [6.07, 6.45) is 3.67. The molecule has 4 rings (SSSR count). The Bertz CT molecular complexity index is 1070. The molecule has 0 bridgehead atoms. The Morgan fingerprint density at radius 3 is 2.36 bits per heavy atom. The Morgan fingerprint density at radius 1 is 0.929 bits per heavy atom. The van der Waals surface area contributed by atoms with Gasteiger partial charge in [0.1, 0.15) is 5.69 Å². The fourth-order valence-electron chi connectivity index (χ4n) is 3.02. The lowest BCUT2D eigenvalue weighted by Crippen LogP contribution is -2.14. The molecule has 2 aromatic carbocycles. The highest BCUT2D eigenvalue weighted by Crippen LogP contribution is 2.37. The summed E-state index contributed by atoms with van der Waals surface area (Å²) in [5.74, 6) is 0.177. The van der Waals surface area contributed by atoms with Crippen LogP contribution in [-0.2, 0) is 11.2 Å². The van der Waals surface area contributed by atoms with Crippen molar-refractivity contribution in [2.45, 2.75) is 13.3 Å². The molecule has 4 aromatic rings. The Balaban J connectivity index is 1.69. The number of nitrogens with zero attached hydrogens (tertiary/aromatic N) is 2. The molecule has 1 N–H and O–H groups in total. The van der Waals surface area contributed by atoms with Crippen LogP contribution in [0.2, 0.25) is 0 Å². The second kappa shape index (κ2) is 7.88. The van der Waals surface area contributed by atoms with Crippen molar-refractivity contribution in [2.75, 3.05) is 5.32 Å². The smallest absolute Gasteiger partial charge is 0.239 e. The van der Waals surface area contributed by atoms with Crippen LogP contribution in [0.4, 0.5) is 5.88 Å². The molecular weight excluding hydrogens is 350 g/mol. The van der Waals surface area contributed by atoms with Gasteiger partial charge in [0.2, 0.25) is 11.8 Å². The van der Waals surface area contributed by atoms with Gasteiger partial charge in [-0.2, -0.15) is 0 Å². The number of hydrogen-bond acceptors (Lipinski definition) is 4. The van der Waals surface area contributed by atoms with Gasteiger partial charge in [-0.3, -0.25) is 15.1 Å². The van der Waals surface area contributed by atoms with E-state index >= 15 is 0 Å². The van der Waals surface area contributed by atoms with E-state index in [4.69, 9.17) is 4.52 Å². The van der Waals surface area contributed by atoms with Gasteiger partial charge in [0.05, 0.1) is 12.0 Å². The molecule has 5 nitrogen and oxygen atoms in total. The average Bonchev–Trinajstić information content (AvgIpc) is 3.13. The van der Waals surface area contributed by atoms with Crippen LogP contribution < -0.4 is 5.32 Å². The van der Waals surface area contributed by atoms with Crippen LogP contribution >= 0.6 is 0 Å². The predicted octanol–water partition coefficient (Wildman–Crippen LogP) is 4.89. The van der Waals surface area contributed by atoms with Crippen molar-refractivity contribution >= 4 is 11.8 Å². The average molecular weight is 369 g/mol. The molecule has 138 valence electrons. The van der Waals surface area contributed by atoms with Crippen LogP contribution in [0.5, 0.6) is 0 Å². The monoisotopic (exact) mass is 369 g/mol. The minimum Gasteiger partial charge on any atom is -0.337 e. The highest BCUT2D eigenvalue weighted by Gasteiger charge is 2.21. The zero-order chi connectivity index (χ0) is 19.3. The zero-order valence-corrected chi connectivity index (χ0v) is 15.4. The lowest BCUT2D eigenvalue weighted by Gasteiger charge is -2.06. The number of benzene rings is 2. The standard InChI is InChI=1S/C23H19N3O2/c1-16-7-9-19(10-8-16)22-21(18-11-13-24-14-12-18)23(28-26-22)25-20(27)15-17-5-3-2-4-6-17/h2-14H,15H2,1H3,(H,25,27). The number of amides is 1. The third-order valence-electron chi connectivity index (χ3n) is 4.45. The second-order valence-electron chi connectivity index (χ2n) is 6.55. The summed E-state index contributed by atoms with van der Waals surface area (Å²) >= 11 is 0. The Hall–Kier alpha value is -3.73. The molecule has 0 atom stereocenters. The van der Waals surface area contributed by atoms with Gasteiger partial charge in [-0.05, 0) is 30.2 Å². The zero-order valence-electron chi connectivity index (χ0n) is 15.4. The number of rotatable bonds is 5. The van der Waals surface area contributed by atoms with Crippen LogP contribution in [0.1, 0.15) is 11.1 Å². The lowest BCUT2D eigenvalue weighted by molar-refractivity contribution is -0.115. The summed E-state index contributed by atoms with van der Waals surface area (Å²) in [5.41, 5.74) is 5.32. The summed E-state index contributed by atoms with van der Waals surface area (Å²) in [6.45, 7) is 2.03. The fourth-order valence-corrected chi connectivity index (χ4v) is 3.02. The Morgan fingerprint density at radius 2 is 1.64 bits per heavy atom. The molecule has 5 heteroatoms. The normalized spacial score (nSPS) is 10.6. The Kier molecular flexibility index (Phi) is 4.97. The van der Waals surface area contributed by atoms with Crippen molar-refractivity contribution in [1.29, 1.82) is 0 Å². The van der Waals surface area contributed by atoms with Gasteiger partial charge >= 0.3 is 0 Å². The van der Waals surface area contributed by atoms with Crippen molar-refractivity contribution in [3.8, 4) is 22.4 Å². The number of aryl methyl sites for hydroxylation is 1. The van der Waals surface area contributed by atoms with Crippen molar-refractivity contribution < 1.29 is 9.32 Å². The van der Waals surface area contributed by atoms with Gasteiger partial charge in [0, 0.05) is 18.0 Å². The molecule has 0 unspecified atom stereocenters. The summed E-state index contributed by atoms with van der Waals surface area (Å²) in [4.78, 5) is 16.6. The maximum Gasteiger partial charge on any atom is 0.239 e. The van der Waals surface area contributed by atoms with Crippen molar-refractivity contribution in [1.82, 2.24) is 10.1 Å². The number of pyridine rings is 1. The predicted molar refractivity (Wildman–Crippen MR) is 109 cm³/mol. The van der Waals surface area contributed by atoms with E-state index in [0.717, 1.165) is 27.8 Å². The van der Waals surface area contributed by atoms with E-state index in [1.807, 2.05) is 73.7 Å². The molecule has 0 fully saturated rings. The second-order valence-corrected chi connectivity index (χ2v) is 6.55. The van der Waals surface area contributed by atoms with Gasteiger partial charge < -0.3 is 4.52 Å². The van der Waals surface area contributed by atoms with Gasteiger partial charge in [0.25, 0.3) is 0 Å². The van der Waals surface area contributed by atoms with E-state index < -0.39 is 0 Å².